The molecule has 0 saturated carbocycles. The summed E-state index contributed by atoms with van der Waals surface area (Å²) in [5.41, 5.74) is -0.110. The van der Waals surface area contributed by atoms with E-state index in [1.165, 1.54) is 24.3 Å². The molecule has 23 heavy (non-hydrogen) atoms. The molecule has 0 fully saturated rings. The smallest absolute Gasteiger partial charge is 0.301 e. The Kier molecular flexibility index (Phi) is 3.61. The van der Waals surface area contributed by atoms with Gasteiger partial charge in [-0.25, -0.2) is 13.7 Å². The van der Waals surface area contributed by atoms with Crippen molar-refractivity contribution in [2.75, 3.05) is 4.90 Å². The minimum atomic E-state index is -1.21. The van der Waals surface area contributed by atoms with Crippen LogP contribution >= 0.6 is 11.6 Å². The highest BCUT2D eigenvalue weighted by Gasteiger charge is 2.40. The summed E-state index contributed by atoms with van der Waals surface area (Å²) in [6.45, 7) is 0. The molecular formula is C16H8ClF2NO3. The van der Waals surface area contributed by atoms with E-state index in [4.69, 9.17) is 11.6 Å². The summed E-state index contributed by atoms with van der Waals surface area (Å²) >= 11 is 5.76. The molecule has 1 aliphatic rings. The van der Waals surface area contributed by atoms with Crippen LogP contribution in [-0.2, 0) is 9.59 Å². The number of hydrogen-bond acceptors (Lipinski definition) is 3. The number of anilines is 1. The van der Waals surface area contributed by atoms with Gasteiger partial charge in [0.25, 0.3) is 5.91 Å². The highest BCUT2D eigenvalue weighted by atomic mass is 35.5. The average molecular weight is 336 g/mol. The lowest BCUT2D eigenvalue weighted by atomic mass is 10.1. The monoisotopic (exact) mass is 335 g/mol. The van der Waals surface area contributed by atoms with E-state index < -0.39 is 29.2 Å². The lowest BCUT2D eigenvalue weighted by molar-refractivity contribution is -0.121. The maximum atomic E-state index is 13.3. The first-order chi connectivity index (χ1) is 10.9. The van der Waals surface area contributed by atoms with Crippen molar-refractivity contribution in [1.29, 1.82) is 0 Å². The Morgan fingerprint density at radius 2 is 1.57 bits per heavy atom. The zero-order chi connectivity index (χ0) is 16.7. The zero-order valence-electron chi connectivity index (χ0n) is 11.4. The number of imide groups is 1. The summed E-state index contributed by atoms with van der Waals surface area (Å²) in [7, 11) is 0. The van der Waals surface area contributed by atoms with Crippen LogP contribution in [0.2, 0.25) is 5.02 Å². The van der Waals surface area contributed by atoms with Crippen LogP contribution < -0.4 is 4.90 Å². The van der Waals surface area contributed by atoms with Crippen LogP contribution in [0.15, 0.2) is 48.2 Å². The van der Waals surface area contributed by atoms with Crippen LogP contribution in [0.1, 0.15) is 5.56 Å². The van der Waals surface area contributed by atoms with Crippen LogP contribution in [0.5, 0.6) is 0 Å². The Balaban J connectivity index is 2.05. The standard InChI is InChI=1S/C16H8ClF2NO3/c17-9-3-1-8(2-4-9)13-14(21)16(23)20(15(13)22)10-5-6-11(18)12(19)7-10/h1-7,21H. The molecule has 3 rings (SSSR count). The van der Waals surface area contributed by atoms with Crippen molar-refractivity contribution in [1.82, 2.24) is 0 Å². The Hall–Kier alpha value is -2.73. The van der Waals surface area contributed by atoms with Gasteiger partial charge in [0.15, 0.2) is 17.4 Å². The molecule has 0 atom stereocenters. The number of nitrogens with zero attached hydrogens (tertiary/aromatic N) is 1. The molecule has 4 nitrogen and oxygen atoms in total. The van der Waals surface area contributed by atoms with Gasteiger partial charge in [0.2, 0.25) is 0 Å². The van der Waals surface area contributed by atoms with Crippen LogP contribution in [0.25, 0.3) is 5.57 Å². The lowest BCUT2D eigenvalue weighted by Gasteiger charge is -2.14. The van der Waals surface area contributed by atoms with Gasteiger partial charge in [-0.05, 0) is 29.8 Å². The van der Waals surface area contributed by atoms with Gasteiger partial charge in [-0.2, -0.15) is 0 Å². The predicted molar refractivity (Wildman–Crippen MR) is 79.9 cm³/mol. The highest BCUT2D eigenvalue weighted by molar-refractivity contribution is 6.45. The van der Waals surface area contributed by atoms with E-state index in [0.29, 0.717) is 16.0 Å². The van der Waals surface area contributed by atoms with Crippen molar-refractivity contribution in [3.63, 3.8) is 0 Å². The predicted octanol–water partition coefficient (Wildman–Crippen LogP) is 3.46. The average Bonchev–Trinajstić information content (AvgIpc) is 2.74. The number of rotatable bonds is 2. The summed E-state index contributed by atoms with van der Waals surface area (Å²) < 4.78 is 26.3. The topological polar surface area (TPSA) is 57.6 Å². The number of carbonyl (C=O) groups excluding carboxylic acids is 2. The maximum Gasteiger partial charge on any atom is 0.301 e. The largest absolute Gasteiger partial charge is 0.502 e. The Bertz CT molecular complexity index is 862. The molecule has 0 saturated heterocycles. The summed E-state index contributed by atoms with van der Waals surface area (Å²) in [6, 6.07) is 8.50. The quantitative estimate of drug-likeness (QED) is 0.855. The van der Waals surface area contributed by atoms with E-state index in [1.807, 2.05) is 0 Å². The van der Waals surface area contributed by atoms with Crippen LogP contribution in [0.4, 0.5) is 14.5 Å². The van der Waals surface area contributed by atoms with Crippen molar-refractivity contribution in [3.05, 3.63) is 70.4 Å². The second-order valence-corrected chi connectivity index (χ2v) is 5.21. The Morgan fingerprint density at radius 1 is 0.913 bits per heavy atom. The van der Waals surface area contributed by atoms with Gasteiger partial charge in [-0.3, -0.25) is 9.59 Å². The first kappa shape index (κ1) is 15.2. The molecule has 2 amide bonds. The number of benzene rings is 2. The van der Waals surface area contributed by atoms with Crippen molar-refractivity contribution in [2.24, 2.45) is 0 Å². The number of aliphatic hydroxyl groups is 1. The van der Waals surface area contributed by atoms with E-state index in [2.05, 4.69) is 0 Å². The molecule has 2 aromatic carbocycles. The van der Waals surface area contributed by atoms with Crippen LogP contribution in [0.3, 0.4) is 0 Å². The van der Waals surface area contributed by atoms with Gasteiger partial charge in [0.1, 0.15) is 0 Å². The third kappa shape index (κ3) is 2.47. The molecule has 0 aliphatic carbocycles. The fourth-order valence-corrected chi connectivity index (χ4v) is 2.38. The Labute approximate surface area is 134 Å². The minimum absolute atomic E-state index is 0.172. The first-order valence-electron chi connectivity index (χ1n) is 6.43. The SMILES string of the molecule is O=C1C(O)=C(c2ccc(Cl)cc2)C(=O)N1c1ccc(F)c(F)c1. The van der Waals surface area contributed by atoms with Gasteiger partial charge in [0, 0.05) is 11.1 Å². The molecule has 2 aromatic rings. The van der Waals surface area contributed by atoms with E-state index in [0.717, 1.165) is 12.1 Å². The van der Waals surface area contributed by atoms with Gasteiger partial charge >= 0.3 is 5.91 Å². The number of hydrogen-bond donors (Lipinski definition) is 1. The van der Waals surface area contributed by atoms with E-state index >= 15 is 0 Å². The molecule has 1 N–H and O–H groups in total. The summed E-state index contributed by atoms with van der Waals surface area (Å²) in [4.78, 5) is 25.1. The lowest BCUT2D eigenvalue weighted by Crippen LogP contribution is -2.31. The molecule has 1 aliphatic heterocycles. The van der Waals surface area contributed by atoms with Crippen molar-refractivity contribution < 1.29 is 23.5 Å². The number of amides is 2. The normalized spacial score (nSPS) is 14.8. The second kappa shape index (κ2) is 5.48. The first-order valence-corrected chi connectivity index (χ1v) is 6.81. The fraction of sp³-hybridized carbons (Fsp3) is 0. The molecule has 116 valence electrons. The van der Waals surface area contributed by atoms with E-state index in [9.17, 15) is 23.5 Å². The third-order valence-electron chi connectivity index (χ3n) is 3.35. The van der Waals surface area contributed by atoms with Gasteiger partial charge < -0.3 is 5.11 Å². The van der Waals surface area contributed by atoms with Crippen LogP contribution in [-0.4, -0.2) is 16.9 Å². The van der Waals surface area contributed by atoms with E-state index in [1.54, 1.807) is 0 Å². The molecule has 1 heterocycles. The summed E-state index contributed by atoms with van der Waals surface area (Å²) in [5.74, 6) is -4.92. The summed E-state index contributed by atoms with van der Waals surface area (Å²) in [6.07, 6.45) is 0. The molecule has 0 aromatic heterocycles. The molecule has 7 heteroatoms. The third-order valence-corrected chi connectivity index (χ3v) is 3.61. The molecule has 0 unspecified atom stereocenters. The molecule has 0 bridgehead atoms. The van der Waals surface area contributed by atoms with Gasteiger partial charge in [-0.1, -0.05) is 23.7 Å². The fourth-order valence-electron chi connectivity index (χ4n) is 2.25. The van der Waals surface area contributed by atoms with Crippen LogP contribution in [0, 0.1) is 11.6 Å². The van der Waals surface area contributed by atoms with Crippen molar-refractivity contribution in [2.45, 2.75) is 0 Å². The Morgan fingerprint density at radius 3 is 2.17 bits per heavy atom. The van der Waals surface area contributed by atoms with Gasteiger partial charge in [-0.15, -0.1) is 0 Å². The number of aliphatic hydroxyl groups excluding tert-OH is 1. The highest BCUT2D eigenvalue weighted by Crippen LogP contribution is 2.32. The molecule has 0 spiro atoms. The molecular weight excluding hydrogens is 328 g/mol. The minimum Gasteiger partial charge on any atom is -0.502 e. The molecule has 0 radical (unpaired) electrons. The summed E-state index contributed by atoms with van der Waals surface area (Å²) in [5, 5.41) is 10.4. The maximum absolute atomic E-state index is 13.3. The number of halogens is 3. The zero-order valence-corrected chi connectivity index (χ0v) is 12.1. The van der Waals surface area contributed by atoms with Crippen molar-refractivity contribution in [3.8, 4) is 0 Å². The van der Waals surface area contributed by atoms with E-state index in [-0.39, 0.29) is 16.8 Å². The number of carbonyl (C=O) groups is 2. The van der Waals surface area contributed by atoms with Crippen molar-refractivity contribution >= 4 is 34.7 Å². The van der Waals surface area contributed by atoms with Gasteiger partial charge in [0.05, 0.1) is 11.3 Å². The second-order valence-electron chi connectivity index (χ2n) is 4.77.